The maximum absolute atomic E-state index is 6.11. The second kappa shape index (κ2) is 16.6. The molecule has 0 aromatic heterocycles. The Bertz CT molecular complexity index is 303. The van der Waals surface area contributed by atoms with Crippen molar-refractivity contribution in [1.29, 1.82) is 0 Å². The zero-order valence-corrected chi connectivity index (χ0v) is 22.8. The average Bonchev–Trinajstić information content (AvgIpc) is 2.78. The third kappa shape index (κ3) is 10.7. The van der Waals surface area contributed by atoms with E-state index in [0.29, 0.717) is 10.8 Å². The van der Waals surface area contributed by atoms with Gasteiger partial charge >= 0.3 is 0 Å². The van der Waals surface area contributed by atoms with Crippen molar-refractivity contribution in [2.45, 2.75) is 134 Å². The molecule has 0 rings (SSSR count). The minimum Gasteiger partial charge on any atom is -0.380 e. The molecule has 0 amide bonds. The Labute approximate surface area is 187 Å². The van der Waals surface area contributed by atoms with Gasteiger partial charge in [0.15, 0.2) is 0 Å². The van der Waals surface area contributed by atoms with Crippen LogP contribution >= 0.6 is 0 Å². The van der Waals surface area contributed by atoms with Crippen LogP contribution in [0.2, 0.25) is 0 Å². The van der Waals surface area contributed by atoms with Gasteiger partial charge in [-0.15, -0.1) is 0 Å². The van der Waals surface area contributed by atoms with Gasteiger partial charge in [-0.05, 0) is 73.0 Å². The Balaban J connectivity index is 0. The van der Waals surface area contributed by atoms with Crippen LogP contribution in [0.3, 0.4) is 0 Å². The number of hydrogen-bond acceptors (Lipinski definition) is 1. The van der Waals surface area contributed by atoms with Crippen molar-refractivity contribution in [1.82, 2.24) is 0 Å². The van der Waals surface area contributed by atoms with Gasteiger partial charge in [-0.2, -0.15) is 0 Å². The number of hydrogen-bond donors (Lipinski definition) is 0. The zero-order chi connectivity index (χ0) is 23.1. The molecule has 0 heterocycles. The van der Waals surface area contributed by atoms with E-state index in [9.17, 15) is 0 Å². The molecule has 0 radical (unpaired) electrons. The van der Waals surface area contributed by atoms with Gasteiger partial charge < -0.3 is 4.74 Å². The van der Waals surface area contributed by atoms with Crippen molar-refractivity contribution in [2.75, 3.05) is 13.2 Å². The van der Waals surface area contributed by atoms with E-state index in [4.69, 9.17) is 4.74 Å². The van der Waals surface area contributed by atoms with Crippen LogP contribution in [0.25, 0.3) is 0 Å². The first kappa shape index (κ1) is 31.1. The lowest BCUT2D eigenvalue weighted by atomic mass is 9.77. The maximum Gasteiger partial charge on any atom is 0.0522 e. The highest BCUT2D eigenvalue weighted by Crippen LogP contribution is 2.34. The molecule has 0 bridgehead atoms. The fourth-order valence-electron chi connectivity index (χ4n) is 4.38. The molecule has 0 fully saturated rings. The second-order valence-corrected chi connectivity index (χ2v) is 10.1. The minimum absolute atomic E-state index is 0.418. The van der Waals surface area contributed by atoms with Gasteiger partial charge in [0.05, 0.1) is 13.2 Å². The van der Waals surface area contributed by atoms with E-state index < -0.39 is 0 Å². The van der Waals surface area contributed by atoms with Crippen LogP contribution in [0.1, 0.15) is 134 Å². The van der Waals surface area contributed by atoms with Crippen molar-refractivity contribution < 1.29 is 4.74 Å². The van der Waals surface area contributed by atoms with Crippen LogP contribution in [-0.2, 0) is 4.74 Å². The highest BCUT2D eigenvalue weighted by atomic mass is 16.5. The summed E-state index contributed by atoms with van der Waals surface area (Å²) in [6.07, 6.45) is 10.0. The summed E-state index contributed by atoms with van der Waals surface area (Å²) >= 11 is 0. The third-order valence-electron chi connectivity index (χ3n) is 9.23. The van der Waals surface area contributed by atoms with Crippen molar-refractivity contribution in [3.63, 3.8) is 0 Å². The van der Waals surface area contributed by atoms with E-state index in [-0.39, 0.29) is 0 Å². The fourth-order valence-corrected chi connectivity index (χ4v) is 4.38. The smallest absolute Gasteiger partial charge is 0.0522 e. The van der Waals surface area contributed by atoms with Gasteiger partial charge in [0.1, 0.15) is 0 Å². The molecular formula is C28H60O. The molecule has 1 nitrogen and oxygen atoms in total. The first-order chi connectivity index (χ1) is 13.6. The third-order valence-corrected chi connectivity index (χ3v) is 9.23. The first-order valence-corrected chi connectivity index (χ1v) is 13.2. The molecule has 0 N–H and O–H groups in total. The number of ether oxygens (including phenoxy) is 1. The molecule has 0 saturated carbocycles. The van der Waals surface area contributed by atoms with Gasteiger partial charge in [-0.1, -0.05) is 95.9 Å². The monoisotopic (exact) mass is 412 g/mol. The fraction of sp³-hybridized carbons (Fsp3) is 1.00. The minimum atomic E-state index is 0.418. The van der Waals surface area contributed by atoms with E-state index in [1.165, 1.54) is 51.4 Å². The van der Waals surface area contributed by atoms with Crippen LogP contribution in [0, 0.1) is 34.5 Å². The van der Waals surface area contributed by atoms with E-state index in [1.807, 2.05) is 0 Å². The second-order valence-electron chi connectivity index (χ2n) is 10.1. The quantitative estimate of drug-likeness (QED) is 0.260. The van der Waals surface area contributed by atoms with Crippen LogP contribution in [0.15, 0.2) is 0 Å². The lowest BCUT2D eigenvalue weighted by Gasteiger charge is -2.34. The molecule has 0 aliphatic heterocycles. The lowest BCUT2D eigenvalue weighted by molar-refractivity contribution is -0.0181. The summed E-state index contributed by atoms with van der Waals surface area (Å²) in [6, 6.07) is 0. The van der Waals surface area contributed by atoms with Crippen LogP contribution in [0.5, 0.6) is 0 Å². The molecule has 0 spiro atoms. The Morgan fingerprint density at radius 1 is 0.483 bits per heavy atom. The summed E-state index contributed by atoms with van der Waals surface area (Å²) in [6.45, 7) is 29.8. The first-order valence-electron chi connectivity index (χ1n) is 13.2. The molecule has 178 valence electrons. The van der Waals surface area contributed by atoms with Crippen LogP contribution in [0.4, 0.5) is 0 Å². The molecule has 4 unspecified atom stereocenters. The summed E-state index contributed by atoms with van der Waals surface area (Å²) in [7, 11) is 0. The molecule has 0 saturated heterocycles. The highest BCUT2D eigenvalue weighted by molar-refractivity contribution is 4.78. The van der Waals surface area contributed by atoms with E-state index >= 15 is 0 Å². The normalized spacial score (nSPS) is 16.6. The Morgan fingerprint density at radius 3 is 0.897 bits per heavy atom. The molecule has 0 aliphatic rings. The Hall–Kier alpha value is -0.0400. The van der Waals surface area contributed by atoms with Gasteiger partial charge in [-0.3, -0.25) is 0 Å². The summed E-state index contributed by atoms with van der Waals surface area (Å²) in [4.78, 5) is 0. The average molecular weight is 413 g/mol. The summed E-state index contributed by atoms with van der Waals surface area (Å²) in [5.41, 5.74) is 0.835. The van der Waals surface area contributed by atoms with Crippen molar-refractivity contribution in [3.05, 3.63) is 0 Å². The Morgan fingerprint density at radius 2 is 0.724 bits per heavy atom. The van der Waals surface area contributed by atoms with Gasteiger partial charge in [0.25, 0.3) is 0 Å². The molecule has 0 aromatic rings. The van der Waals surface area contributed by atoms with Gasteiger partial charge in [-0.25, -0.2) is 0 Å². The maximum atomic E-state index is 6.11. The Kier molecular flexibility index (Phi) is 17.9. The molecule has 1 heteroatoms. The van der Waals surface area contributed by atoms with Crippen LogP contribution < -0.4 is 0 Å². The lowest BCUT2D eigenvalue weighted by Crippen LogP contribution is -2.30. The molecule has 0 aromatic carbocycles. The number of rotatable bonds is 15. The largest absolute Gasteiger partial charge is 0.380 e. The van der Waals surface area contributed by atoms with Gasteiger partial charge in [0.2, 0.25) is 0 Å². The van der Waals surface area contributed by atoms with Crippen molar-refractivity contribution in [3.8, 4) is 0 Å². The molecule has 4 atom stereocenters. The van der Waals surface area contributed by atoms with E-state index in [2.05, 4.69) is 83.1 Å². The van der Waals surface area contributed by atoms with Crippen LogP contribution in [-0.4, -0.2) is 13.2 Å². The van der Waals surface area contributed by atoms with Crippen molar-refractivity contribution >= 4 is 0 Å². The predicted molar refractivity (Wildman–Crippen MR) is 135 cm³/mol. The highest BCUT2D eigenvalue weighted by Gasteiger charge is 2.28. The zero-order valence-electron chi connectivity index (χ0n) is 22.8. The van der Waals surface area contributed by atoms with Crippen molar-refractivity contribution in [2.24, 2.45) is 34.5 Å². The predicted octanol–water partition coefficient (Wildman–Crippen LogP) is 9.79. The molecular weight excluding hydrogens is 352 g/mol. The van der Waals surface area contributed by atoms with Gasteiger partial charge in [0, 0.05) is 0 Å². The SMILES string of the molecule is CCC(C)C(C)C(C)C(C)CC.CCC(CC)(CC)COCC(CC)(CC)CC. The standard InChI is InChI=1S/C16H34O.C12H26/c1-7-15(8-2,9-3)13-17-14-16(10-4,11-5)12-6;1-7-9(3)11(5)12(6)10(4)8-2/h7-14H2,1-6H3;9-12H,7-8H2,1-6H3. The summed E-state index contributed by atoms with van der Waals surface area (Å²) in [5.74, 6) is 3.53. The topological polar surface area (TPSA) is 9.23 Å². The van der Waals surface area contributed by atoms with E-state index in [1.54, 1.807) is 0 Å². The summed E-state index contributed by atoms with van der Waals surface area (Å²) < 4.78 is 6.11. The summed E-state index contributed by atoms with van der Waals surface area (Å²) in [5, 5.41) is 0. The molecule has 0 aliphatic carbocycles. The molecule has 29 heavy (non-hydrogen) atoms. The van der Waals surface area contributed by atoms with E-state index in [0.717, 1.165) is 36.9 Å².